The van der Waals surface area contributed by atoms with Gasteiger partial charge in [0.2, 0.25) is 5.91 Å². The number of carbonyl (C=O) groups excluding carboxylic acids is 1. The van der Waals surface area contributed by atoms with Crippen molar-refractivity contribution in [3.05, 3.63) is 52.6 Å². The molecule has 0 spiro atoms. The molecule has 0 radical (unpaired) electrons. The lowest BCUT2D eigenvalue weighted by molar-refractivity contribution is -0.117. The van der Waals surface area contributed by atoms with Gasteiger partial charge in [-0.15, -0.1) is 0 Å². The van der Waals surface area contributed by atoms with Crippen molar-refractivity contribution in [2.45, 2.75) is 55.5 Å². The number of anilines is 1. The van der Waals surface area contributed by atoms with Crippen LogP contribution in [0.4, 0.5) is 5.82 Å². The van der Waals surface area contributed by atoms with E-state index in [4.69, 9.17) is 10.7 Å². The van der Waals surface area contributed by atoms with E-state index < -0.39 is 16.8 Å². The molecular formula is C25H30N6O2S. The Hall–Kier alpha value is -3.11. The van der Waals surface area contributed by atoms with Crippen LogP contribution in [0.15, 0.2) is 35.4 Å². The van der Waals surface area contributed by atoms with E-state index in [2.05, 4.69) is 17.5 Å². The van der Waals surface area contributed by atoms with Gasteiger partial charge in [-0.25, -0.2) is 4.98 Å². The highest BCUT2D eigenvalue weighted by atomic mass is 32.2. The third-order valence-electron chi connectivity index (χ3n) is 5.73. The zero-order valence-electron chi connectivity index (χ0n) is 19.7. The van der Waals surface area contributed by atoms with Crippen molar-refractivity contribution in [3.8, 4) is 12.1 Å². The lowest BCUT2D eigenvalue weighted by Gasteiger charge is -2.24. The molecule has 0 aliphatic carbocycles. The molecule has 1 aliphatic rings. The standard InChI is InChI=1S/C25H30N6O2S/c1-4-18-19(12-26)23(31-11-10-17(14-31)29-15-25(2,3)33)30-24(20(18)13-27)34-21(22(28)32)16-8-6-5-7-9-16/h5-9,17,21,29,33H,4,10-11,14-15H2,1-3H3,(H2,28,32). The molecule has 4 N–H and O–H groups in total. The minimum Gasteiger partial charge on any atom is -0.389 e. The van der Waals surface area contributed by atoms with Crippen molar-refractivity contribution >= 4 is 23.5 Å². The quantitative estimate of drug-likeness (QED) is 0.468. The van der Waals surface area contributed by atoms with Crippen LogP contribution in [0.5, 0.6) is 0 Å². The second kappa shape index (κ2) is 10.9. The zero-order chi connectivity index (χ0) is 24.9. The van der Waals surface area contributed by atoms with Gasteiger partial charge in [-0.3, -0.25) is 4.79 Å². The first-order valence-electron chi connectivity index (χ1n) is 11.3. The van der Waals surface area contributed by atoms with Crippen LogP contribution in [0.1, 0.15) is 54.7 Å². The second-order valence-corrected chi connectivity index (χ2v) is 10.1. The molecule has 1 aromatic heterocycles. The maximum absolute atomic E-state index is 12.3. The molecule has 8 nitrogen and oxygen atoms in total. The number of amides is 1. The van der Waals surface area contributed by atoms with Gasteiger partial charge in [0.15, 0.2) is 0 Å². The van der Waals surface area contributed by atoms with E-state index in [0.29, 0.717) is 53.6 Å². The van der Waals surface area contributed by atoms with Gasteiger partial charge in [0.05, 0.1) is 16.7 Å². The lowest BCUT2D eigenvalue weighted by atomic mass is 10.0. The van der Waals surface area contributed by atoms with E-state index in [1.165, 1.54) is 0 Å². The normalized spacial score (nSPS) is 16.6. The lowest BCUT2D eigenvalue weighted by Crippen LogP contribution is -2.42. The van der Waals surface area contributed by atoms with E-state index >= 15 is 0 Å². The summed E-state index contributed by atoms with van der Waals surface area (Å²) in [5.74, 6) is -0.00686. The summed E-state index contributed by atoms with van der Waals surface area (Å²) in [6.07, 6.45) is 1.32. The van der Waals surface area contributed by atoms with E-state index in [-0.39, 0.29) is 6.04 Å². The maximum Gasteiger partial charge on any atom is 0.235 e. The Kier molecular flexibility index (Phi) is 8.16. The maximum atomic E-state index is 12.3. The SMILES string of the molecule is CCc1c(C#N)c(SC(C(N)=O)c2ccccc2)nc(N2CCC(NCC(C)(C)O)C2)c1C#N. The first kappa shape index (κ1) is 25.5. The van der Waals surface area contributed by atoms with Gasteiger partial charge in [-0.2, -0.15) is 10.5 Å². The summed E-state index contributed by atoms with van der Waals surface area (Å²) in [4.78, 5) is 19.1. The number of nitrogens with zero attached hydrogens (tertiary/aromatic N) is 4. The Labute approximate surface area is 204 Å². The van der Waals surface area contributed by atoms with Crippen molar-refractivity contribution in [1.82, 2.24) is 10.3 Å². The highest BCUT2D eigenvalue weighted by Crippen LogP contribution is 2.40. The monoisotopic (exact) mass is 478 g/mol. The fraction of sp³-hybridized carbons (Fsp3) is 0.440. The number of aromatic nitrogens is 1. The van der Waals surface area contributed by atoms with Crippen LogP contribution in [0.3, 0.4) is 0 Å². The summed E-state index contributed by atoms with van der Waals surface area (Å²) < 4.78 is 0. The number of benzene rings is 1. The number of nitrogens with two attached hydrogens (primary N) is 1. The average Bonchev–Trinajstić information content (AvgIpc) is 3.29. The molecule has 2 atom stereocenters. The van der Waals surface area contributed by atoms with Gasteiger partial charge in [-0.05, 0) is 37.8 Å². The number of hydrogen-bond donors (Lipinski definition) is 3. The molecule has 1 aliphatic heterocycles. The Morgan fingerprint density at radius 3 is 2.56 bits per heavy atom. The molecule has 2 unspecified atom stereocenters. The molecule has 1 amide bonds. The number of nitrogens with one attached hydrogen (secondary N) is 1. The molecule has 1 fully saturated rings. The van der Waals surface area contributed by atoms with E-state index in [1.54, 1.807) is 13.8 Å². The Morgan fingerprint density at radius 2 is 2.00 bits per heavy atom. The topological polar surface area (TPSA) is 139 Å². The van der Waals surface area contributed by atoms with Crippen LogP contribution in [0.2, 0.25) is 0 Å². The summed E-state index contributed by atoms with van der Waals surface area (Å²) in [5, 5.41) is 33.0. The number of nitriles is 2. The second-order valence-electron chi connectivity index (χ2n) is 8.98. The van der Waals surface area contributed by atoms with Gasteiger partial charge in [-0.1, -0.05) is 49.0 Å². The fourth-order valence-electron chi connectivity index (χ4n) is 4.04. The number of thioether (sulfide) groups is 1. The number of primary amides is 1. The highest BCUT2D eigenvalue weighted by molar-refractivity contribution is 8.00. The number of rotatable bonds is 9. The molecule has 2 aromatic rings. The van der Waals surface area contributed by atoms with E-state index in [1.807, 2.05) is 42.2 Å². The minimum atomic E-state index is -0.821. The number of pyridine rings is 1. The third-order valence-corrected chi connectivity index (χ3v) is 6.99. The number of hydrogen-bond acceptors (Lipinski definition) is 8. The van der Waals surface area contributed by atoms with E-state index in [0.717, 1.165) is 23.7 Å². The number of aliphatic hydroxyl groups is 1. The van der Waals surface area contributed by atoms with Crippen LogP contribution in [-0.2, 0) is 11.2 Å². The Bertz CT molecular complexity index is 1120. The number of carbonyl (C=O) groups is 1. The van der Waals surface area contributed by atoms with Gasteiger partial charge in [0.25, 0.3) is 0 Å². The first-order chi connectivity index (χ1) is 16.2. The summed E-state index contributed by atoms with van der Waals surface area (Å²) in [7, 11) is 0. The summed E-state index contributed by atoms with van der Waals surface area (Å²) >= 11 is 1.14. The summed E-state index contributed by atoms with van der Waals surface area (Å²) in [6, 6.07) is 13.8. The molecule has 3 rings (SSSR count). The molecular weight excluding hydrogens is 448 g/mol. The van der Waals surface area contributed by atoms with Crippen molar-refractivity contribution in [3.63, 3.8) is 0 Å². The average molecular weight is 479 g/mol. The highest BCUT2D eigenvalue weighted by Gasteiger charge is 2.31. The predicted octanol–water partition coefficient (Wildman–Crippen LogP) is 2.65. The fourth-order valence-corrected chi connectivity index (χ4v) is 5.10. The first-order valence-corrected chi connectivity index (χ1v) is 12.1. The van der Waals surface area contributed by atoms with Gasteiger partial charge in [0.1, 0.15) is 28.2 Å². The molecule has 1 aromatic carbocycles. The molecule has 1 saturated heterocycles. The minimum absolute atomic E-state index is 0.138. The van der Waals surface area contributed by atoms with Crippen LogP contribution in [-0.4, -0.2) is 47.3 Å². The van der Waals surface area contributed by atoms with Gasteiger partial charge in [0, 0.05) is 25.7 Å². The molecule has 34 heavy (non-hydrogen) atoms. The van der Waals surface area contributed by atoms with Crippen LogP contribution >= 0.6 is 11.8 Å². The Morgan fingerprint density at radius 1 is 1.32 bits per heavy atom. The van der Waals surface area contributed by atoms with Gasteiger partial charge < -0.3 is 21.1 Å². The largest absolute Gasteiger partial charge is 0.389 e. The van der Waals surface area contributed by atoms with Gasteiger partial charge >= 0.3 is 0 Å². The van der Waals surface area contributed by atoms with Crippen LogP contribution in [0.25, 0.3) is 0 Å². The van der Waals surface area contributed by atoms with Crippen LogP contribution < -0.4 is 16.0 Å². The zero-order valence-corrected chi connectivity index (χ0v) is 20.5. The van der Waals surface area contributed by atoms with Crippen molar-refractivity contribution < 1.29 is 9.90 Å². The van der Waals surface area contributed by atoms with E-state index in [9.17, 15) is 20.4 Å². The molecule has 0 bridgehead atoms. The van der Waals surface area contributed by atoms with Crippen LogP contribution in [0, 0.1) is 22.7 Å². The molecule has 2 heterocycles. The van der Waals surface area contributed by atoms with Crippen molar-refractivity contribution in [2.24, 2.45) is 5.73 Å². The summed E-state index contributed by atoms with van der Waals surface area (Å²) in [6.45, 7) is 7.16. The van der Waals surface area contributed by atoms with Crippen molar-refractivity contribution in [2.75, 3.05) is 24.5 Å². The summed E-state index contributed by atoms with van der Waals surface area (Å²) in [5.41, 5.74) is 6.96. The third kappa shape index (κ3) is 5.87. The molecule has 0 saturated carbocycles. The predicted molar refractivity (Wildman–Crippen MR) is 132 cm³/mol. The molecule has 9 heteroatoms. The van der Waals surface area contributed by atoms with Crippen molar-refractivity contribution in [1.29, 1.82) is 10.5 Å². The Balaban J connectivity index is 2.00. The smallest absolute Gasteiger partial charge is 0.235 e. The molecule has 178 valence electrons.